The van der Waals surface area contributed by atoms with Crippen LogP contribution in [0.5, 0.6) is 5.88 Å². The molecule has 5 rings (SSSR count). The van der Waals surface area contributed by atoms with Crippen molar-refractivity contribution in [3.05, 3.63) is 70.8 Å². The molecule has 0 aliphatic heterocycles. The highest BCUT2D eigenvalue weighted by Crippen LogP contribution is 2.60. The van der Waals surface area contributed by atoms with Crippen LogP contribution in [0.1, 0.15) is 35.6 Å². The molecule has 2 aliphatic rings. The van der Waals surface area contributed by atoms with E-state index in [1.54, 1.807) is 11.6 Å². The Labute approximate surface area is 183 Å². The highest BCUT2D eigenvalue weighted by molar-refractivity contribution is 5.55. The van der Waals surface area contributed by atoms with Crippen LogP contribution in [-0.2, 0) is 5.41 Å². The normalized spacial score (nSPS) is 21.4. The molecule has 4 N–H and O–H groups in total. The molecule has 168 valence electrons. The Balaban J connectivity index is 1.44. The zero-order valence-corrected chi connectivity index (χ0v) is 17.6. The van der Waals surface area contributed by atoms with E-state index >= 15 is 0 Å². The lowest BCUT2D eigenvalue weighted by atomic mass is 9.96. The molecule has 0 radical (unpaired) electrons. The van der Waals surface area contributed by atoms with E-state index in [0.29, 0.717) is 41.2 Å². The molecular weight excluding hydrogens is 418 g/mol. The van der Waals surface area contributed by atoms with Gasteiger partial charge in [0.25, 0.3) is 0 Å². The molecule has 0 amide bonds. The van der Waals surface area contributed by atoms with Crippen LogP contribution >= 0.6 is 0 Å². The van der Waals surface area contributed by atoms with Crippen molar-refractivity contribution in [3.8, 4) is 11.6 Å². The average Bonchev–Trinajstić information content (AvgIpc) is 3.50. The van der Waals surface area contributed by atoms with Gasteiger partial charge >= 0.3 is 0 Å². The van der Waals surface area contributed by atoms with Gasteiger partial charge in [0, 0.05) is 5.41 Å². The number of nitrogens with one attached hydrogen (secondary N) is 2. The van der Waals surface area contributed by atoms with E-state index < -0.39 is 35.5 Å². The van der Waals surface area contributed by atoms with Gasteiger partial charge in [0.2, 0.25) is 5.88 Å². The molecule has 0 saturated heterocycles. The second-order valence-electron chi connectivity index (χ2n) is 8.38. The number of hydrogen-bond acceptors (Lipinski definition) is 6. The lowest BCUT2D eigenvalue weighted by Gasteiger charge is -2.25. The molecule has 1 aromatic heterocycles. The standard InChI is InChI=1S/C23H24F2N4O3/c1-12-20(29(28-21(12)32-2)13-6-4-3-5-7-13)27-22(31)26-18-14-10-16(24)17(25)11-15(14)23(8-9-23)19(18)30/h3-7,10-11,18-19,22,26-27,30-31H,8-9H2,1-2H3/t18?,19-,22?/m0/s1. The summed E-state index contributed by atoms with van der Waals surface area (Å²) in [7, 11) is 1.51. The zero-order valence-electron chi connectivity index (χ0n) is 17.6. The van der Waals surface area contributed by atoms with Gasteiger partial charge in [-0.1, -0.05) is 18.2 Å². The maximum absolute atomic E-state index is 14.0. The first-order chi connectivity index (χ1) is 15.4. The van der Waals surface area contributed by atoms with Crippen LogP contribution in [-0.4, -0.2) is 39.6 Å². The minimum atomic E-state index is -1.31. The largest absolute Gasteiger partial charge is 0.480 e. The molecule has 1 saturated carbocycles. The van der Waals surface area contributed by atoms with Gasteiger partial charge < -0.3 is 20.3 Å². The van der Waals surface area contributed by atoms with Gasteiger partial charge in [-0.15, -0.1) is 5.10 Å². The van der Waals surface area contributed by atoms with E-state index in [0.717, 1.165) is 11.8 Å². The fourth-order valence-electron chi connectivity index (χ4n) is 4.72. The monoisotopic (exact) mass is 442 g/mol. The van der Waals surface area contributed by atoms with Gasteiger partial charge in [0.1, 0.15) is 5.82 Å². The molecule has 3 atom stereocenters. The number of rotatable bonds is 6. The summed E-state index contributed by atoms with van der Waals surface area (Å²) in [6.07, 6.45) is -0.854. The second-order valence-corrected chi connectivity index (χ2v) is 8.38. The van der Waals surface area contributed by atoms with Crippen LogP contribution in [0.4, 0.5) is 14.6 Å². The third-order valence-corrected chi connectivity index (χ3v) is 6.52. The first kappa shape index (κ1) is 20.9. The van der Waals surface area contributed by atoms with E-state index in [1.165, 1.54) is 13.2 Å². The summed E-state index contributed by atoms with van der Waals surface area (Å²) < 4.78 is 34.8. The topological polar surface area (TPSA) is 91.6 Å². The van der Waals surface area contributed by atoms with E-state index in [9.17, 15) is 19.0 Å². The first-order valence-electron chi connectivity index (χ1n) is 10.4. The summed E-state index contributed by atoms with van der Waals surface area (Å²) in [5, 5.41) is 32.1. The van der Waals surface area contributed by atoms with Gasteiger partial charge in [-0.05, 0) is 55.2 Å². The zero-order chi connectivity index (χ0) is 22.6. The second kappa shape index (κ2) is 7.54. The summed E-state index contributed by atoms with van der Waals surface area (Å²) in [6, 6.07) is 10.9. The molecule has 1 spiro atoms. The Bertz CT molecular complexity index is 1160. The highest BCUT2D eigenvalue weighted by atomic mass is 19.2. The minimum Gasteiger partial charge on any atom is -0.480 e. The first-order valence-corrected chi connectivity index (χ1v) is 10.4. The number of aliphatic hydroxyl groups excluding tert-OH is 2. The van der Waals surface area contributed by atoms with Crippen molar-refractivity contribution in [3.63, 3.8) is 0 Å². The molecule has 1 fully saturated rings. The molecule has 2 aliphatic carbocycles. The molecule has 32 heavy (non-hydrogen) atoms. The molecule has 2 aromatic carbocycles. The fourth-order valence-corrected chi connectivity index (χ4v) is 4.72. The van der Waals surface area contributed by atoms with Crippen molar-refractivity contribution in [2.24, 2.45) is 0 Å². The van der Waals surface area contributed by atoms with Crippen molar-refractivity contribution < 1.29 is 23.7 Å². The highest BCUT2D eigenvalue weighted by Gasteiger charge is 2.59. The molecule has 9 heteroatoms. The van der Waals surface area contributed by atoms with Gasteiger partial charge in [-0.3, -0.25) is 5.32 Å². The SMILES string of the molecule is COc1nn(-c2ccccc2)c(NC(O)NC2c3cc(F)c(F)cc3C3(CC3)[C@H]2O)c1C. The van der Waals surface area contributed by atoms with E-state index in [4.69, 9.17) is 4.74 Å². The lowest BCUT2D eigenvalue weighted by Crippen LogP contribution is -2.43. The van der Waals surface area contributed by atoms with Gasteiger partial charge in [0.05, 0.1) is 30.5 Å². The van der Waals surface area contributed by atoms with E-state index in [2.05, 4.69) is 15.7 Å². The van der Waals surface area contributed by atoms with Crippen LogP contribution in [0.15, 0.2) is 42.5 Å². The van der Waals surface area contributed by atoms with Crippen LogP contribution in [0.25, 0.3) is 5.69 Å². The van der Waals surface area contributed by atoms with Crippen molar-refractivity contribution in [2.75, 3.05) is 12.4 Å². The molecule has 1 heterocycles. The lowest BCUT2D eigenvalue weighted by molar-refractivity contribution is 0.0666. The Kier molecular flexibility index (Phi) is 4.92. The maximum atomic E-state index is 14.0. The summed E-state index contributed by atoms with van der Waals surface area (Å²) >= 11 is 0. The van der Waals surface area contributed by atoms with Crippen molar-refractivity contribution >= 4 is 5.82 Å². The third-order valence-electron chi connectivity index (χ3n) is 6.52. The quantitative estimate of drug-likeness (QED) is 0.439. The number of aromatic nitrogens is 2. The van der Waals surface area contributed by atoms with E-state index in [-0.39, 0.29) is 0 Å². The van der Waals surface area contributed by atoms with Crippen molar-refractivity contribution in [2.45, 2.75) is 43.7 Å². The Morgan fingerprint density at radius 2 is 1.88 bits per heavy atom. The van der Waals surface area contributed by atoms with Crippen molar-refractivity contribution in [1.82, 2.24) is 15.1 Å². The summed E-state index contributed by atoms with van der Waals surface area (Å²) in [5.74, 6) is -1.03. The predicted octanol–water partition coefficient (Wildman–Crippen LogP) is 2.89. The summed E-state index contributed by atoms with van der Waals surface area (Å²) in [5.41, 5.74) is 1.90. The third kappa shape index (κ3) is 3.16. The number of hydrogen-bond donors (Lipinski definition) is 4. The van der Waals surface area contributed by atoms with Crippen LogP contribution in [0.2, 0.25) is 0 Å². The number of nitrogens with zero attached hydrogens (tertiary/aromatic N) is 2. The number of methoxy groups -OCH3 is 1. The number of aliphatic hydroxyl groups is 2. The smallest absolute Gasteiger partial charge is 0.238 e. The molecular formula is C23H24F2N4O3. The summed E-state index contributed by atoms with van der Waals surface area (Å²) in [6.45, 7) is 1.80. The fraction of sp³-hybridized carbons (Fsp3) is 0.348. The molecule has 2 unspecified atom stereocenters. The molecule has 3 aromatic rings. The number of halogens is 2. The number of para-hydroxylation sites is 1. The average molecular weight is 442 g/mol. The van der Waals surface area contributed by atoms with Crippen LogP contribution < -0.4 is 15.4 Å². The van der Waals surface area contributed by atoms with Crippen molar-refractivity contribution in [1.29, 1.82) is 0 Å². The number of ether oxygens (including phenoxy) is 1. The maximum Gasteiger partial charge on any atom is 0.238 e. The Morgan fingerprint density at radius 1 is 1.19 bits per heavy atom. The van der Waals surface area contributed by atoms with Gasteiger partial charge in [0.15, 0.2) is 18.0 Å². The Morgan fingerprint density at radius 3 is 2.53 bits per heavy atom. The Hall–Kier alpha value is -3.01. The molecule has 0 bridgehead atoms. The van der Waals surface area contributed by atoms with Gasteiger partial charge in [-0.2, -0.15) is 0 Å². The number of fused-ring (bicyclic) bond motifs is 2. The molecule has 7 nitrogen and oxygen atoms in total. The minimum absolute atomic E-state index is 0.393. The predicted molar refractivity (Wildman–Crippen MR) is 114 cm³/mol. The number of benzene rings is 2. The van der Waals surface area contributed by atoms with Crippen LogP contribution in [0.3, 0.4) is 0 Å². The number of anilines is 1. The van der Waals surface area contributed by atoms with E-state index in [1.807, 2.05) is 30.3 Å². The van der Waals surface area contributed by atoms with Gasteiger partial charge in [-0.25, -0.2) is 13.5 Å². The summed E-state index contributed by atoms with van der Waals surface area (Å²) in [4.78, 5) is 0. The van der Waals surface area contributed by atoms with Crippen LogP contribution in [0, 0.1) is 18.6 Å².